The Morgan fingerprint density at radius 1 is 1.42 bits per heavy atom. The molecule has 2 heterocycles. The average molecular weight is 466 g/mol. The Morgan fingerprint density at radius 3 is 2.71 bits per heavy atom. The van der Waals surface area contributed by atoms with Crippen molar-refractivity contribution in [1.82, 2.24) is 19.9 Å². The molecule has 0 aliphatic rings. The van der Waals surface area contributed by atoms with Crippen LogP contribution in [0, 0.1) is 0 Å². The van der Waals surface area contributed by atoms with Crippen LogP contribution in [0.1, 0.15) is 31.0 Å². The molecule has 0 fully saturated rings. The van der Waals surface area contributed by atoms with Gasteiger partial charge in [-0.2, -0.15) is 0 Å². The smallest absolute Gasteiger partial charge is 0.194 e. The van der Waals surface area contributed by atoms with Crippen LogP contribution in [0.3, 0.4) is 0 Å². The zero-order valence-electron chi connectivity index (χ0n) is 14.5. The molecular weight excluding hydrogens is 441 g/mol. The van der Waals surface area contributed by atoms with Gasteiger partial charge in [0, 0.05) is 38.6 Å². The molecule has 0 aromatic carbocycles. The summed E-state index contributed by atoms with van der Waals surface area (Å²) in [6.45, 7) is 6.08. The van der Waals surface area contributed by atoms with Gasteiger partial charge in [-0.1, -0.05) is 23.7 Å². The van der Waals surface area contributed by atoms with Gasteiger partial charge in [0.05, 0.1) is 17.3 Å². The van der Waals surface area contributed by atoms with Crippen LogP contribution in [0.25, 0.3) is 0 Å². The number of nitrogens with zero attached hydrogens (tertiary/aromatic N) is 4. The minimum atomic E-state index is 0. The Bertz CT molecular complexity index is 667. The molecule has 0 spiro atoms. The molecule has 0 saturated carbocycles. The molecule has 0 aliphatic heterocycles. The minimum Gasteiger partial charge on any atom is -0.359 e. The lowest BCUT2D eigenvalue weighted by Gasteiger charge is -2.22. The van der Waals surface area contributed by atoms with Gasteiger partial charge in [-0.15, -0.1) is 24.0 Å². The van der Waals surface area contributed by atoms with E-state index in [1.807, 2.05) is 50.8 Å². The van der Waals surface area contributed by atoms with Crippen molar-refractivity contribution in [3.05, 3.63) is 40.5 Å². The maximum atomic E-state index is 6.04. The summed E-state index contributed by atoms with van der Waals surface area (Å²) < 4.78 is 7.30. The first kappa shape index (κ1) is 20.8. The molecule has 0 unspecified atom stereocenters. The van der Waals surface area contributed by atoms with Gasteiger partial charge in [0.1, 0.15) is 6.54 Å². The van der Waals surface area contributed by atoms with E-state index < -0.39 is 0 Å². The van der Waals surface area contributed by atoms with E-state index in [1.165, 1.54) is 0 Å². The fourth-order valence-electron chi connectivity index (χ4n) is 2.26. The van der Waals surface area contributed by atoms with Gasteiger partial charge in [-0.05, 0) is 19.4 Å². The summed E-state index contributed by atoms with van der Waals surface area (Å²) in [5.41, 5.74) is 2.07. The third kappa shape index (κ3) is 5.70. The van der Waals surface area contributed by atoms with E-state index in [9.17, 15) is 0 Å². The largest absolute Gasteiger partial charge is 0.359 e. The van der Waals surface area contributed by atoms with E-state index in [0.29, 0.717) is 13.1 Å². The zero-order valence-corrected chi connectivity index (χ0v) is 17.6. The third-order valence-corrected chi connectivity index (χ3v) is 3.73. The Morgan fingerprint density at radius 2 is 2.17 bits per heavy atom. The van der Waals surface area contributed by atoms with Gasteiger partial charge >= 0.3 is 0 Å². The van der Waals surface area contributed by atoms with Crippen LogP contribution in [-0.4, -0.2) is 34.2 Å². The third-order valence-electron chi connectivity index (χ3n) is 3.52. The normalized spacial score (nSPS) is 11.3. The predicted molar refractivity (Wildman–Crippen MR) is 108 cm³/mol. The molecule has 2 rings (SSSR count). The maximum absolute atomic E-state index is 6.04. The van der Waals surface area contributed by atoms with E-state index in [2.05, 4.69) is 20.4 Å². The van der Waals surface area contributed by atoms with Crippen molar-refractivity contribution in [3.63, 3.8) is 0 Å². The first-order chi connectivity index (χ1) is 11.0. The van der Waals surface area contributed by atoms with E-state index in [4.69, 9.17) is 16.1 Å². The predicted octanol–water partition coefficient (Wildman–Crippen LogP) is 3.44. The van der Waals surface area contributed by atoms with Gasteiger partial charge < -0.3 is 19.3 Å². The number of rotatable bonds is 6. The number of aromatic nitrogens is 2. The molecule has 0 atom stereocenters. The van der Waals surface area contributed by atoms with Crippen molar-refractivity contribution in [2.45, 2.75) is 33.4 Å². The van der Waals surface area contributed by atoms with Crippen LogP contribution in [0.15, 0.2) is 27.8 Å². The highest BCUT2D eigenvalue weighted by atomic mass is 127. The summed E-state index contributed by atoms with van der Waals surface area (Å²) in [4.78, 5) is 6.68. The highest BCUT2D eigenvalue weighted by Crippen LogP contribution is 2.14. The topological polar surface area (TPSA) is 58.6 Å². The van der Waals surface area contributed by atoms with E-state index in [-0.39, 0.29) is 24.0 Å². The Kier molecular flexibility index (Phi) is 8.61. The zero-order chi connectivity index (χ0) is 16.8. The second-order valence-corrected chi connectivity index (χ2v) is 5.86. The van der Waals surface area contributed by atoms with E-state index in [0.717, 1.165) is 41.1 Å². The molecule has 6 nitrogen and oxygen atoms in total. The lowest BCUT2D eigenvalue weighted by molar-refractivity contribution is 0.378. The summed E-state index contributed by atoms with van der Waals surface area (Å²) in [7, 11) is 3.99. The lowest BCUT2D eigenvalue weighted by Crippen LogP contribution is -2.38. The minimum absolute atomic E-state index is 0. The molecule has 0 saturated heterocycles. The number of nitrogens with one attached hydrogen (secondary N) is 1. The van der Waals surface area contributed by atoms with Crippen LogP contribution >= 0.6 is 35.6 Å². The molecule has 134 valence electrons. The van der Waals surface area contributed by atoms with Crippen LogP contribution in [0.2, 0.25) is 5.02 Å². The highest BCUT2D eigenvalue weighted by molar-refractivity contribution is 14.0. The number of aliphatic imine (C=N–C) groups is 1. The highest BCUT2D eigenvalue weighted by Gasteiger charge is 2.10. The summed E-state index contributed by atoms with van der Waals surface area (Å²) in [6, 6.07) is 3.91. The Balaban J connectivity index is 0.00000288. The van der Waals surface area contributed by atoms with Crippen LogP contribution in [0.4, 0.5) is 0 Å². The summed E-state index contributed by atoms with van der Waals surface area (Å²) >= 11 is 6.04. The van der Waals surface area contributed by atoms with Gasteiger partial charge in [0.25, 0.3) is 0 Å². The van der Waals surface area contributed by atoms with Crippen molar-refractivity contribution in [2.24, 2.45) is 12.0 Å². The second-order valence-electron chi connectivity index (χ2n) is 5.42. The number of guanidine groups is 1. The number of hydrogen-bond acceptors (Lipinski definition) is 3. The summed E-state index contributed by atoms with van der Waals surface area (Å²) in [5.74, 6) is 1.59. The SMILES string of the molecule is CCNC(=NCc1cc(CC)no1)N(C)Cc1cc(Cl)cn1C.I. The van der Waals surface area contributed by atoms with Crippen molar-refractivity contribution in [2.75, 3.05) is 13.6 Å². The van der Waals surface area contributed by atoms with Crippen LogP contribution < -0.4 is 5.32 Å². The van der Waals surface area contributed by atoms with Crippen molar-refractivity contribution in [1.29, 1.82) is 0 Å². The molecule has 0 amide bonds. The van der Waals surface area contributed by atoms with E-state index >= 15 is 0 Å². The monoisotopic (exact) mass is 465 g/mol. The molecule has 0 aliphatic carbocycles. The molecule has 1 N–H and O–H groups in total. The Labute approximate surface area is 165 Å². The molecular formula is C16H25ClIN5O. The van der Waals surface area contributed by atoms with Crippen molar-refractivity contribution in [3.8, 4) is 0 Å². The van der Waals surface area contributed by atoms with Crippen LogP contribution in [0.5, 0.6) is 0 Å². The molecule has 8 heteroatoms. The fraction of sp³-hybridized carbons (Fsp3) is 0.500. The number of halogens is 2. The number of aryl methyl sites for hydroxylation is 2. The van der Waals surface area contributed by atoms with Crippen molar-refractivity contribution < 1.29 is 4.52 Å². The Hall–Kier alpha value is -1.22. The first-order valence-corrected chi connectivity index (χ1v) is 8.15. The van der Waals surface area contributed by atoms with Gasteiger partial charge in [-0.3, -0.25) is 0 Å². The lowest BCUT2D eigenvalue weighted by atomic mass is 10.3. The van der Waals surface area contributed by atoms with Crippen LogP contribution in [-0.2, 0) is 26.6 Å². The van der Waals surface area contributed by atoms with E-state index in [1.54, 1.807) is 0 Å². The molecule has 2 aromatic heterocycles. The molecule has 0 bridgehead atoms. The summed E-state index contributed by atoms with van der Waals surface area (Å²) in [5, 5.41) is 8.02. The average Bonchev–Trinajstić information content (AvgIpc) is 3.10. The fourth-order valence-corrected chi connectivity index (χ4v) is 2.53. The maximum Gasteiger partial charge on any atom is 0.194 e. The number of hydrogen-bond donors (Lipinski definition) is 1. The second kappa shape index (κ2) is 9.93. The molecule has 0 radical (unpaired) electrons. The van der Waals surface area contributed by atoms with Gasteiger partial charge in [0.15, 0.2) is 11.7 Å². The quantitative estimate of drug-likeness (QED) is 0.403. The van der Waals surface area contributed by atoms with Crippen molar-refractivity contribution >= 4 is 41.5 Å². The molecule has 24 heavy (non-hydrogen) atoms. The summed E-state index contributed by atoms with van der Waals surface area (Å²) in [6.07, 6.45) is 2.76. The van der Waals surface area contributed by atoms with Gasteiger partial charge in [0.2, 0.25) is 0 Å². The molecule has 2 aromatic rings. The van der Waals surface area contributed by atoms with Gasteiger partial charge in [-0.25, -0.2) is 4.99 Å². The first-order valence-electron chi connectivity index (χ1n) is 7.78. The standard InChI is InChI=1S/C16H24ClN5O.HI/c1-5-13-8-15(23-20-13)9-19-16(18-6-2)22(4)11-14-7-12(17)10-21(14)3;/h7-8,10H,5-6,9,11H2,1-4H3,(H,18,19);1H.